The molecule has 5 nitrogen and oxygen atoms in total. The summed E-state index contributed by atoms with van der Waals surface area (Å²) >= 11 is 0. The highest BCUT2D eigenvalue weighted by Gasteiger charge is 2.24. The molecule has 0 bridgehead atoms. The van der Waals surface area contributed by atoms with E-state index < -0.39 is 12.2 Å². The van der Waals surface area contributed by atoms with Crippen LogP contribution < -0.4 is 0 Å². The lowest BCUT2D eigenvalue weighted by Gasteiger charge is -2.18. The number of carbonyl (C=O) groups is 2. The van der Waals surface area contributed by atoms with Crippen LogP contribution >= 0.6 is 0 Å². The van der Waals surface area contributed by atoms with Gasteiger partial charge in [-0.05, 0) is 23.0 Å². The Morgan fingerprint density at radius 3 is 1.02 bits per heavy atom. The van der Waals surface area contributed by atoms with E-state index in [4.69, 9.17) is 9.47 Å². The van der Waals surface area contributed by atoms with Crippen molar-refractivity contribution >= 4 is 11.6 Å². The molecule has 0 aromatic heterocycles. The molecule has 2 N–H and O–H groups in total. The van der Waals surface area contributed by atoms with Gasteiger partial charge in [-0.1, -0.05) is 149 Å². The highest BCUT2D eigenvalue weighted by atomic mass is 16.5. The third-order valence-corrected chi connectivity index (χ3v) is 5.99. The average Bonchev–Trinajstić information content (AvgIpc) is 2.99. The molecule has 0 saturated heterocycles. The number of hydrogen-bond donors (Lipinski definition) is 0. The summed E-state index contributed by atoms with van der Waals surface area (Å²) in [5, 5.41) is 0. The molecule has 0 aliphatic rings. The second-order valence-electron chi connectivity index (χ2n) is 10.5. The van der Waals surface area contributed by atoms with Crippen molar-refractivity contribution in [2.75, 3.05) is 13.2 Å². The quantitative estimate of drug-likeness (QED) is 0.168. The smallest absolute Gasteiger partial charge is 0.196 e. The van der Waals surface area contributed by atoms with Crippen LogP contribution in [0.5, 0.6) is 0 Å². The topological polar surface area (TPSA) is 84.1 Å². The predicted molar refractivity (Wildman–Crippen MR) is 165 cm³/mol. The van der Waals surface area contributed by atoms with Gasteiger partial charge < -0.3 is 14.9 Å². The van der Waals surface area contributed by atoms with Gasteiger partial charge in [-0.2, -0.15) is 0 Å². The molecule has 2 unspecified atom stereocenters. The maximum Gasteiger partial charge on any atom is 0.196 e. The Balaban J connectivity index is 0.000000280. The molecular formula is C36H42O5. The molecule has 0 radical (unpaired) electrons. The van der Waals surface area contributed by atoms with Crippen LogP contribution in [0.25, 0.3) is 0 Å². The first kappa shape index (κ1) is 33.3. The molecule has 0 spiro atoms. The first-order valence-corrected chi connectivity index (χ1v) is 13.9. The molecule has 4 aromatic rings. The summed E-state index contributed by atoms with van der Waals surface area (Å²) < 4.78 is 11.7. The first-order valence-electron chi connectivity index (χ1n) is 13.9. The lowest BCUT2D eigenvalue weighted by atomic mass is 10.00. The van der Waals surface area contributed by atoms with Crippen molar-refractivity contribution in [3.05, 3.63) is 144 Å². The van der Waals surface area contributed by atoms with E-state index in [9.17, 15) is 9.59 Å². The van der Waals surface area contributed by atoms with Gasteiger partial charge in [-0.25, -0.2) is 0 Å². The molecule has 0 amide bonds. The lowest BCUT2D eigenvalue weighted by molar-refractivity contribution is 0.0306. The van der Waals surface area contributed by atoms with Crippen molar-refractivity contribution in [3.8, 4) is 0 Å². The van der Waals surface area contributed by atoms with Gasteiger partial charge in [0, 0.05) is 11.1 Å². The zero-order chi connectivity index (χ0) is 28.7. The van der Waals surface area contributed by atoms with Crippen molar-refractivity contribution < 1.29 is 24.5 Å². The second-order valence-corrected chi connectivity index (χ2v) is 10.5. The minimum Gasteiger partial charge on any atom is -0.412 e. The molecule has 4 rings (SSSR count). The van der Waals surface area contributed by atoms with Gasteiger partial charge in [0.1, 0.15) is 12.2 Å². The fourth-order valence-electron chi connectivity index (χ4n) is 3.99. The summed E-state index contributed by atoms with van der Waals surface area (Å²) in [6.07, 6.45) is -1.05. The fourth-order valence-corrected chi connectivity index (χ4v) is 3.99. The lowest BCUT2D eigenvalue weighted by Crippen LogP contribution is -2.18. The first-order chi connectivity index (χ1) is 19.4. The van der Waals surface area contributed by atoms with Crippen LogP contribution in [0.2, 0.25) is 0 Å². The van der Waals surface area contributed by atoms with Gasteiger partial charge in [-0.3, -0.25) is 9.59 Å². The maximum absolute atomic E-state index is 12.6. The number of benzene rings is 4. The highest BCUT2D eigenvalue weighted by molar-refractivity contribution is 6.00. The Kier molecular flexibility index (Phi) is 14.4. The Morgan fingerprint density at radius 1 is 0.488 bits per heavy atom. The van der Waals surface area contributed by atoms with Crippen molar-refractivity contribution in [3.63, 3.8) is 0 Å². The van der Waals surface area contributed by atoms with Gasteiger partial charge in [0.25, 0.3) is 0 Å². The zero-order valence-corrected chi connectivity index (χ0v) is 24.4. The van der Waals surface area contributed by atoms with Crippen LogP contribution in [0.15, 0.2) is 121 Å². The van der Waals surface area contributed by atoms with Crippen LogP contribution in [0.3, 0.4) is 0 Å². The van der Waals surface area contributed by atoms with Gasteiger partial charge in [0.05, 0.1) is 13.2 Å². The van der Waals surface area contributed by atoms with E-state index in [0.29, 0.717) is 36.2 Å². The largest absolute Gasteiger partial charge is 0.412 e. The standard InChI is InChI=1S/2C18H20O2.H2O/c2*1-14(2)13-20-18(16-11-7-4-8-12-16)17(19)15-9-5-3-6-10-15;/h2*3-12,14,18H,13H2,1-2H3;1H2. The molecule has 0 heterocycles. The van der Waals surface area contributed by atoms with E-state index in [1.807, 2.05) is 121 Å². The Hall–Kier alpha value is -3.90. The fraction of sp³-hybridized carbons (Fsp3) is 0.278. The minimum atomic E-state index is -0.527. The van der Waals surface area contributed by atoms with Crippen LogP contribution in [-0.2, 0) is 9.47 Å². The summed E-state index contributed by atoms with van der Waals surface area (Å²) in [5.41, 5.74) is 3.18. The molecule has 5 heteroatoms. The van der Waals surface area contributed by atoms with E-state index in [1.54, 1.807) is 0 Å². The third-order valence-electron chi connectivity index (χ3n) is 5.99. The average molecular weight is 555 g/mol. The summed E-state index contributed by atoms with van der Waals surface area (Å²) in [6, 6.07) is 38.0. The molecule has 4 aromatic carbocycles. The van der Waals surface area contributed by atoms with E-state index in [2.05, 4.69) is 27.7 Å². The van der Waals surface area contributed by atoms with Gasteiger partial charge in [-0.15, -0.1) is 0 Å². The summed E-state index contributed by atoms with van der Waals surface area (Å²) in [4.78, 5) is 25.3. The summed E-state index contributed by atoms with van der Waals surface area (Å²) in [5.74, 6) is 0.810. The van der Waals surface area contributed by atoms with E-state index >= 15 is 0 Å². The number of hydrogen-bond acceptors (Lipinski definition) is 4. The van der Waals surface area contributed by atoms with Gasteiger partial charge >= 0.3 is 0 Å². The van der Waals surface area contributed by atoms with Crippen LogP contribution in [0.1, 0.15) is 71.7 Å². The molecule has 0 fully saturated rings. The number of carbonyl (C=O) groups excluding carboxylic acids is 2. The molecule has 0 saturated carbocycles. The van der Waals surface area contributed by atoms with Crippen molar-refractivity contribution in [1.82, 2.24) is 0 Å². The zero-order valence-electron chi connectivity index (χ0n) is 24.4. The van der Waals surface area contributed by atoms with Gasteiger partial charge in [0.15, 0.2) is 11.6 Å². The SMILES string of the molecule is CC(C)COC(C(=O)c1ccccc1)c1ccccc1.CC(C)COC(C(=O)c1ccccc1)c1ccccc1.O. The predicted octanol–water partition coefficient (Wildman–Crippen LogP) is 7.74. The van der Waals surface area contributed by atoms with Crippen molar-refractivity contribution in [2.45, 2.75) is 39.9 Å². The van der Waals surface area contributed by atoms with E-state index in [0.717, 1.165) is 11.1 Å². The molecule has 0 aliphatic carbocycles. The van der Waals surface area contributed by atoms with E-state index in [-0.39, 0.29) is 17.0 Å². The Bertz CT molecular complexity index is 1170. The number of ether oxygens (including phenoxy) is 2. The minimum absolute atomic E-state index is 0. The summed E-state index contributed by atoms with van der Waals surface area (Å²) in [7, 11) is 0. The van der Waals surface area contributed by atoms with Crippen molar-refractivity contribution in [2.24, 2.45) is 11.8 Å². The number of Topliss-reactive ketones (excluding diaryl/α,β-unsaturated/α-hetero) is 2. The number of rotatable bonds is 12. The summed E-state index contributed by atoms with van der Waals surface area (Å²) in [6.45, 7) is 9.45. The third kappa shape index (κ3) is 10.9. The van der Waals surface area contributed by atoms with Crippen LogP contribution in [0, 0.1) is 11.8 Å². The Morgan fingerprint density at radius 2 is 0.756 bits per heavy atom. The normalized spacial score (nSPS) is 12.0. The van der Waals surface area contributed by atoms with Crippen molar-refractivity contribution in [1.29, 1.82) is 0 Å². The Labute approximate surface area is 244 Å². The second kappa shape index (κ2) is 17.7. The molecule has 2 atom stereocenters. The van der Waals surface area contributed by atoms with E-state index in [1.165, 1.54) is 0 Å². The molecule has 41 heavy (non-hydrogen) atoms. The monoisotopic (exact) mass is 554 g/mol. The number of ketones is 2. The molecule has 216 valence electrons. The van der Waals surface area contributed by atoms with Gasteiger partial charge in [0.2, 0.25) is 0 Å². The molecular weight excluding hydrogens is 512 g/mol. The highest BCUT2D eigenvalue weighted by Crippen LogP contribution is 2.24. The maximum atomic E-state index is 12.6. The molecule has 0 aliphatic heterocycles. The van der Waals surface area contributed by atoms with Crippen LogP contribution in [0.4, 0.5) is 0 Å². The van der Waals surface area contributed by atoms with Crippen LogP contribution in [-0.4, -0.2) is 30.3 Å².